The summed E-state index contributed by atoms with van der Waals surface area (Å²) in [7, 11) is 0. The maximum absolute atomic E-state index is 12.3. The summed E-state index contributed by atoms with van der Waals surface area (Å²) in [4.78, 5) is 16.8. The highest BCUT2D eigenvalue weighted by atomic mass is 79.9. The third-order valence-corrected chi connectivity index (χ3v) is 5.04. The van der Waals surface area contributed by atoms with Crippen LogP contribution in [0.15, 0.2) is 22.8 Å². The van der Waals surface area contributed by atoms with Crippen molar-refractivity contribution in [1.82, 2.24) is 4.98 Å². The summed E-state index contributed by atoms with van der Waals surface area (Å²) < 4.78 is 1.05. The molecule has 2 nitrogen and oxygen atoms in total. The van der Waals surface area contributed by atoms with Crippen molar-refractivity contribution in [3.8, 4) is 0 Å². The van der Waals surface area contributed by atoms with Gasteiger partial charge in [0.15, 0.2) is 0 Å². The molecule has 98 valence electrons. The van der Waals surface area contributed by atoms with E-state index < -0.39 is 0 Å². The van der Waals surface area contributed by atoms with Crippen LogP contribution in [0.4, 0.5) is 0 Å². The lowest BCUT2D eigenvalue weighted by Gasteiger charge is -2.42. The van der Waals surface area contributed by atoms with Gasteiger partial charge < -0.3 is 0 Å². The standard InChI is InChI=1S/C15H20BrNO/c1-9-10(2)14(18)15(3,4)8-11(9)13-12(16)6-5-7-17-13/h5-7,9-11H,8H2,1-4H3. The van der Waals surface area contributed by atoms with Crippen molar-refractivity contribution in [3.63, 3.8) is 0 Å². The number of hydrogen-bond donors (Lipinski definition) is 0. The van der Waals surface area contributed by atoms with Crippen molar-refractivity contribution in [3.05, 3.63) is 28.5 Å². The average Bonchev–Trinajstić information content (AvgIpc) is 2.33. The van der Waals surface area contributed by atoms with E-state index in [1.165, 1.54) is 0 Å². The zero-order valence-corrected chi connectivity index (χ0v) is 13.0. The Bertz CT molecular complexity index is 469. The van der Waals surface area contributed by atoms with Crippen LogP contribution in [0.25, 0.3) is 0 Å². The molecular formula is C15H20BrNO. The molecule has 2 rings (SSSR count). The Morgan fingerprint density at radius 1 is 1.39 bits per heavy atom. The Balaban J connectivity index is 2.40. The van der Waals surface area contributed by atoms with Crippen molar-refractivity contribution < 1.29 is 4.79 Å². The van der Waals surface area contributed by atoms with E-state index in [1.54, 1.807) is 0 Å². The summed E-state index contributed by atoms with van der Waals surface area (Å²) in [5, 5.41) is 0. The Morgan fingerprint density at radius 3 is 2.67 bits per heavy atom. The third-order valence-electron chi connectivity index (χ3n) is 4.37. The fourth-order valence-electron chi connectivity index (χ4n) is 3.06. The lowest BCUT2D eigenvalue weighted by atomic mass is 9.61. The van der Waals surface area contributed by atoms with Gasteiger partial charge in [-0.2, -0.15) is 0 Å². The van der Waals surface area contributed by atoms with Crippen LogP contribution in [-0.2, 0) is 4.79 Å². The summed E-state index contributed by atoms with van der Waals surface area (Å²) in [6, 6.07) is 3.96. The molecule has 0 aliphatic heterocycles. The molecule has 1 aliphatic carbocycles. The molecule has 0 saturated heterocycles. The molecule has 0 bridgehead atoms. The second-order valence-electron chi connectivity index (χ2n) is 6.08. The van der Waals surface area contributed by atoms with Crippen LogP contribution in [0, 0.1) is 17.3 Å². The molecule has 1 fully saturated rings. The monoisotopic (exact) mass is 309 g/mol. The lowest BCUT2D eigenvalue weighted by molar-refractivity contribution is -0.136. The molecule has 1 saturated carbocycles. The summed E-state index contributed by atoms with van der Waals surface area (Å²) in [5.41, 5.74) is 0.852. The summed E-state index contributed by atoms with van der Waals surface area (Å²) in [5.74, 6) is 1.19. The number of rotatable bonds is 1. The largest absolute Gasteiger partial charge is 0.299 e. The predicted molar refractivity (Wildman–Crippen MR) is 76.4 cm³/mol. The number of nitrogens with zero attached hydrogens (tertiary/aromatic N) is 1. The zero-order valence-electron chi connectivity index (χ0n) is 11.4. The Morgan fingerprint density at radius 2 is 2.06 bits per heavy atom. The molecule has 1 heterocycles. The van der Waals surface area contributed by atoms with E-state index in [9.17, 15) is 4.79 Å². The molecule has 3 heteroatoms. The van der Waals surface area contributed by atoms with Gasteiger partial charge in [-0.15, -0.1) is 0 Å². The van der Waals surface area contributed by atoms with Crippen LogP contribution in [0.3, 0.4) is 0 Å². The summed E-state index contributed by atoms with van der Waals surface area (Å²) in [6.07, 6.45) is 2.72. The fourth-order valence-corrected chi connectivity index (χ4v) is 3.61. The average molecular weight is 310 g/mol. The highest BCUT2D eigenvalue weighted by Gasteiger charge is 2.45. The van der Waals surface area contributed by atoms with Crippen molar-refractivity contribution >= 4 is 21.7 Å². The highest BCUT2D eigenvalue weighted by Crippen LogP contribution is 2.47. The van der Waals surface area contributed by atoms with Crippen LogP contribution in [0.2, 0.25) is 0 Å². The number of hydrogen-bond acceptors (Lipinski definition) is 2. The number of carbonyl (C=O) groups excluding carboxylic acids is 1. The first-order valence-corrected chi connectivity index (χ1v) is 7.28. The minimum atomic E-state index is -0.243. The van der Waals surface area contributed by atoms with Crippen LogP contribution in [0.1, 0.15) is 45.7 Å². The zero-order chi connectivity index (χ0) is 13.5. The van der Waals surface area contributed by atoms with E-state index in [0.29, 0.717) is 17.6 Å². The van der Waals surface area contributed by atoms with Gasteiger partial charge in [0.05, 0.1) is 5.69 Å². The van der Waals surface area contributed by atoms with Crippen molar-refractivity contribution in [2.45, 2.75) is 40.0 Å². The molecule has 0 spiro atoms. The fraction of sp³-hybridized carbons (Fsp3) is 0.600. The lowest BCUT2D eigenvalue weighted by Crippen LogP contribution is -2.42. The molecule has 0 radical (unpaired) electrons. The second-order valence-corrected chi connectivity index (χ2v) is 6.93. The van der Waals surface area contributed by atoms with Gasteiger partial charge in [-0.3, -0.25) is 9.78 Å². The van der Waals surface area contributed by atoms with Gasteiger partial charge in [-0.1, -0.05) is 27.7 Å². The normalized spacial score (nSPS) is 31.4. The first-order valence-electron chi connectivity index (χ1n) is 6.49. The predicted octanol–water partition coefficient (Wildman–Crippen LogP) is 4.20. The number of carbonyl (C=O) groups is 1. The molecule has 0 aromatic carbocycles. The highest BCUT2D eigenvalue weighted by molar-refractivity contribution is 9.10. The smallest absolute Gasteiger partial charge is 0.141 e. The van der Waals surface area contributed by atoms with Gasteiger partial charge in [0.25, 0.3) is 0 Å². The summed E-state index contributed by atoms with van der Waals surface area (Å²) in [6.45, 7) is 8.34. The Kier molecular flexibility index (Phi) is 3.63. The first-order chi connectivity index (χ1) is 8.34. The van der Waals surface area contributed by atoms with E-state index in [2.05, 4.69) is 48.6 Å². The van der Waals surface area contributed by atoms with Gasteiger partial charge in [-0.05, 0) is 40.4 Å². The Hall–Kier alpha value is -0.700. The van der Waals surface area contributed by atoms with E-state index in [1.807, 2.05) is 18.3 Å². The van der Waals surface area contributed by atoms with E-state index in [0.717, 1.165) is 16.6 Å². The number of halogens is 1. The van der Waals surface area contributed by atoms with Crippen LogP contribution >= 0.6 is 15.9 Å². The minimum absolute atomic E-state index is 0.104. The van der Waals surface area contributed by atoms with Crippen molar-refractivity contribution in [2.75, 3.05) is 0 Å². The molecule has 18 heavy (non-hydrogen) atoms. The molecule has 3 unspecified atom stereocenters. The van der Waals surface area contributed by atoms with Gasteiger partial charge in [0, 0.05) is 27.9 Å². The number of aromatic nitrogens is 1. The van der Waals surface area contributed by atoms with Gasteiger partial charge in [0.2, 0.25) is 0 Å². The van der Waals surface area contributed by atoms with Crippen molar-refractivity contribution in [2.24, 2.45) is 17.3 Å². The maximum atomic E-state index is 12.3. The molecule has 1 aromatic rings. The molecule has 3 atom stereocenters. The molecular weight excluding hydrogens is 290 g/mol. The van der Waals surface area contributed by atoms with E-state index in [-0.39, 0.29) is 11.3 Å². The third kappa shape index (κ3) is 2.25. The second kappa shape index (κ2) is 4.76. The van der Waals surface area contributed by atoms with Crippen LogP contribution in [0.5, 0.6) is 0 Å². The molecule has 0 amide bonds. The quantitative estimate of drug-likeness (QED) is 0.778. The molecule has 1 aromatic heterocycles. The van der Waals surface area contributed by atoms with Gasteiger partial charge in [-0.25, -0.2) is 0 Å². The van der Waals surface area contributed by atoms with E-state index >= 15 is 0 Å². The molecule has 1 aliphatic rings. The van der Waals surface area contributed by atoms with Gasteiger partial charge >= 0.3 is 0 Å². The summed E-state index contributed by atoms with van der Waals surface area (Å²) >= 11 is 3.58. The SMILES string of the molecule is CC1C(=O)C(C)(C)CC(c2ncccc2Br)C1C. The minimum Gasteiger partial charge on any atom is -0.299 e. The molecule has 0 N–H and O–H groups in total. The Labute approximate surface area is 117 Å². The number of pyridine rings is 1. The van der Waals surface area contributed by atoms with Crippen LogP contribution < -0.4 is 0 Å². The topological polar surface area (TPSA) is 30.0 Å². The number of ketones is 1. The van der Waals surface area contributed by atoms with E-state index in [4.69, 9.17) is 0 Å². The first kappa shape index (κ1) is 13.7. The van der Waals surface area contributed by atoms with Crippen LogP contribution in [-0.4, -0.2) is 10.8 Å². The van der Waals surface area contributed by atoms with Crippen molar-refractivity contribution in [1.29, 1.82) is 0 Å². The number of Topliss-reactive ketones (excluding diaryl/α,β-unsaturated/α-hetero) is 1. The maximum Gasteiger partial charge on any atom is 0.141 e. The van der Waals surface area contributed by atoms with Gasteiger partial charge in [0.1, 0.15) is 5.78 Å².